The maximum Gasteiger partial charge on any atom is 0.335 e. The Labute approximate surface area is 201 Å². The number of likely N-dealkylation sites (N-methyl/N-ethyl adjacent to an activating group) is 1. The highest BCUT2D eigenvalue weighted by atomic mass is 16.4. The van der Waals surface area contributed by atoms with Crippen LogP contribution in [-0.4, -0.2) is 58.5 Å². The van der Waals surface area contributed by atoms with Gasteiger partial charge in [0.1, 0.15) is 5.82 Å². The van der Waals surface area contributed by atoms with E-state index in [1.54, 1.807) is 29.4 Å². The molecule has 2 heterocycles. The summed E-state index contributed by atoms with van der Waals surface area (Å²) in [4.78, 5) is 42.0. The van der Waals surface area contributed by atoms with Gasteiger partial charge in [-0.1, -0.05) is 32.6 Å². The highest BCUT2D eigenvalue weighted by molar-refractivity contribution is 6.12. The molecule has 4 rings (SSSR count). The van der Waals surface area contributed by atoms with Crippen LogP contribution in [0.4, 0.5) is 0 Å². The van der Waals surface area contributed by atoms with Gasteiger partial charge in [0.2, 0.25) is 0 Å². The lowest BCUT2D eigenvalue weighted by molar-refractivity contribution is -0.116. The molecule has 1 saturated heterocycles. The lowest BCUT2D eigenvalue weighted by Gasteiger charge is -2.19. The minimum Gasteiger partial charge on any atom is -0.478 e. The normalized spacial score (nSPS) is 19.9. The van der Waals surface area contributed by atoms with Crippen molar-refractivity contribution in [3.8, 4) is 0 Å². The topological polar surface area (TPSA) is 102 Å². The van der Waals surface area contributed by atoms with Crippen LogP contribution in [0.15, 0.2) is 65.7 Å². The Balaban J connectivity index is 0.000000226. The largest absolute Gasteiger partial charge is 0.478 e. The van der Waals surface area contributed by atoms with Crippen LogP contribution in [0.25, 0.3) is 0 Å². The van der Waals surface area contributed by atoms with Gasteiger partial charge >= 0.3 is 5.97 Å². The Morgan fingerprint density at radius 3 is 2.44 bits per heavy atom. The highest BCUT2D eigenvalue weighted by Gasteiger charge is 2.46. The number of allylic oxidation sites excluding steroid dienone is 1. The molecule has 2 N–H and O–H groups in total. The molecule has 1 aliphatic carbocycles. The van der Waals surface area contributed by atoms with Gasteiger partial charge in [-0.3, -0.25) is 9.59 Å². The van der Waals surface area contributed by atoms with E-state index in [2.05, 4.69) is 16.9 Å². The summed E-state index contributed by atoms with van der Waals surface area (Å²) in [6.45, 7) is 13.8. The van der Waals surface area contributed by atoms with E-state index in [1.165, 1.54) is 24.8 Å². The molecule has 3 aliphatic rings. The zero-order chi connectivity index (χ0) is 25.3. The van der Waals surface area contributed by atoms with Crippen molar-refractivity contribution in [3.05, 3.63) is 71.8 Å². The lowest BCUT2D eigenvalue weighted by Crippen LogP contribution is -2.30. The zero-order valence-corrected chi connectivity index (χ0v) is 20.3. The van der Waals surface area contributed by atoms with Crippen molar-refractivity contribution in [1.82, 2.24) is 15.1 Å². The predicted molar refractivity (Wildman–Crippen MR) is 133 cm³/mol. The van der Waals surface area contributed by atoms with E-state index >= 15 is 0 Å². The number of fused-ring (bicyclic) bond motifs is 1. The minimum absolute atomic E-state index is 0.0414. The van der Waals surface area contributed by atoms with Crippen LogP contribution >= 0.6 is 0 Å². The van der Waals surface area contributed by atoms with Gasteiger partial charge in [-0.15, -0.1) is 0 Å². The van der Waals surface area contributed by atoms with Gasteiger partial charge in [0, 0.05) is 43.8 Å². The molecule has 0 bridgehead atoms. The molecule has 0 aromatic heterocycles. The third kappa shape index (κ3) is 6.91. The Morgan fingerprint density at radius 1 is 1.21 bits per heavy atom. The number of likely N-dealkylation sites (tertiary alicyclic amines) is 1. The van der Waals surface area contributed by atoms with Gasteiger partial charge in [-0.25, -0.2) is 9.79 Å². The molecular weight excluding hydrogens is 432 g/mol. The molecule has 2 fully saturated rings. The average molecular weight is 467 g/mol. The number of aliphatic imine (C=N–C) groups is 1. The Bertz CT molecular complexity index is 1000. The third-order valence-corrected chi connectivity index (χ3v) is 5.46. The van der Waals surface area contributed by atoms with Crippen LogP contribution < -0.4 is 5.32 Å². The number of carbonyl (C=O) groups excluding carboxylic acids is 2. The second-order valence-electron chi connectivity index (χ2n) is 7.86. The number of hydrogen-bond donors (Lipinski definition) is 2. The number of amides is 2. The summed E-state index contributed by atoms with van der Waals surface area (Å²) in [5.74, 6) is 0.830. The zero-order valence-electron chi connectivity index (χ0n) is 20.3. The second kappa shape index (κ2) is 12.5. The predicted octanol–water partition coefficient (Wildman–Crippen LogP) is 3.90. The number of piperidine rings is 1. The van der Waals surface area contributed by atoms with Crippen molar-refractivity contribution in [2.75, 3.05) is 19.6 Å². The molecule has 2 aliphatic heterocycles. The van der Waals surface area contributed by atoms with Gasteiger partial charge in [0.05, 0.1) is 11.1 Å². The van der Waals surface area contributed by atoms with Crippen molar-refractivity contribution in [2.24, 2.45) is 16.8 Å². The van der Waals surface area contributed by atoms with E-state index in [0.29, 0.717) is 35.3 Å². The van der Waals surface area contributed by atoms with Crippen LogP contribution in [0.1, 0.15) is 54.8 Å². The maximum absolute atomic E-state index is 12.1. The maximum atomic E-state index is 12.1. The van der Waals surface area contributed by atoms with Gasteiger partial charge in [0.15, 0.2) is 0 Å². The van der Waals surface area contributed by atoms with Crippen LogP contribution in [0, 0.1) is 11.8 Å². The van der Waals surface area contributed by atoms with Crippen molar-refractivity contribution in [1.29, 1.82) is 0 Å². The quantitative estimate of drug-likeness (QED) is 0.685. The monoisotopic (exact) mass is 466 g/mol. The molecule has 182 valence electrons. The second-order valence-corrected chi connectivity index (χ2v) is 7.86. The molecule has 0 radical (unpaired) electrons. The van der Waals surface area contributed by atoms with Gasteiger partial charge in [0.25, 0.3) is 11.8 Å². The first-order chi connectivity index (χ1) is 16.3. The van der Waals surface area contributed by atoms with Gasteiger partial charge < -0.3 is 20.2 Å². The van der Waals surface area contributed by atoms with E-state index in [1.807, 2.05) is 38.7 Å². The van der Waals surface area contributed by atoms with Crippen molar-refractivity contribution in [3.63, 3.8) is 0 Å². The fourth-order valence-electron chi connectivity index (χ4n) is 3.67. The van der Waals surface area contributed by atoms with E-state index in [9.17, 15) is 14.4 Å². The number of benzene rings is 1. The molecule has 2 amide bonds. The summed E-state index contributed by atoms with van der Waals surface area (Å²) in [6, 6.07) is 6.25. The molecule has 1 saturated carbocycles. The fraction of sp³-hybridized carbons (Fsp3) is 0.385. The summed E-state index contributed by atoms with van der Waals surface area (Å²) in [6.07, 6.45) is 8.14. The van der Waals surface area contributed by atoms with E-state index < -0.39 is 5.97 Å². The Morgan fingerprint density at radius 2 is 1.85 bits per heavy atom. The fourth-order valence-corrected chi connectivity index (χ4v) is 3.67. The van der Waals surface area contributed by atoms with Gasteiger partial charge in [-0.05, 0) is 50.3 Å². The third-order valence-electron chi connectivity index (χ3n) is 5.46. The number of nitrogens with zero attached hydrogens (tertiary/aromatic N) is 3. The number of hydrogen-bond acceptors (Lipinski definition) is 5. The Hall–Kier alpha value is -3.68. The van der Waals surface area contributed by atoms with Gasteiger partial charge in [-0.2, -0.15) is 0 Å². The average Bonchev–Trinajstić information content (AvgIpc) is 3.46. The number of nitrogens with one attached hydrogen (secondary N) is 1. The SMILES string of the molecule is C=C1N=CC(C(=O)NCC)=CN1/C=C\C.CC.O=C(O)c1cccc(C(=O)N2CC3CC3C2)c1. The first-order valence-electron chi connectivity index (χ1n) is 11.6. The van der Waals surface area contributed by atoms with E-state index in [0.717, 1.165) is 13.1 Å². The summed E-state index contributed by atoms with van der Waals surface area (Å²) < 4.78 is 0. The highest BCUT2D eigenvalue weighted by Crippen LogP contribution is 2.45. The summed E-state index contributed by atoms with van der Waals surface area (Å²) in [5, 5.41) is 11.6. The summed E-state index contributed by atoms with van der Waals surface area (Å²) >= 11 is 0. The van der Waals surface area contributed by atoms with Crippen LogP contribution in [0.3, 0.4) is 0 Å². The molecule has 2 unspecified atom stereocenters. The van der Waals surface area contributed by atoms with Crippen molar-refractivity contribution >= 4 is 24.0 Å². The first-order valence-corrected chi connectivity index (χ1v) is 11.6. The lowest BCUT2D eigenvalue weighted by atomic mass is 10.1. The number of aromatic carboxylic acids is 1. The molecule has 8 nitrogen and oxygen atoms in total. The smallest absolute Gasteiger partial charge is 0.335 e. The van der Waals surface area contributed by atoms with Crippen molar-refractivity contribution < 1.29 is 19.5 Å². The standard InChI is InChI=1S/C13H13NO3.C11H15N3O.C2H6/c15-12(14-6-10-5-11(10)7-14)8-2-1-3-9(4-8)13(16)17;1-4-6-14-8-10(7-13-9(14)3)11(15)12-5-2;1-2/h1-4,10-11H,5-7H2,(H,16,17);4,6-8H,3,5H2,1-2H3,(H,12,15);1-2H3/b;6-4-;. The van der Waals surface area contributed by atoms with Crippen LogP contribution in [-0.2, 0) is 4.79 Å². The molecule has 0 spiro atoms. The van der Waals surface area contributed by atoms with Crippen LogP contribution in [0.5, 0.6) is 0 Å². The van der Waals surface area contributed by atoms with E-state index in [4.69, 9.17) is 5.11 Å². The van der Waals surface area contributed by atoms with Crippen LogP contribution in [0.2, 0.25) is 0 Å². The van der Waals surface area contributed by atoms with Crippen molar-refractivity contribution in [2.45, 2.75) is 34.1 Å². The number of carboxylic acid groups (broad SMARTS) is 1. The molecular formula is C26H34N4O4. The number of carbonyl (C=O) groups is 3. The molecule has 8 heteroatoms. The molecule has 2 atom stereocenters. The number of carboxylic acids is 1. The first kappa shape index (κ1) is 26.6. The van der Waals surface area contributed by atoms with E-state index in [-0.39, 0.29) is 17.4 Å². The minimum atomic E-state index is -0.996. The molecule has 34 heavy (non-hydrogen) atoms. The molecule has 1 aromatic carbocycles. The summed E-state index contributed by atoms with van der Waals surface area (Å²) in [5.41, 5.74) is 1.17. The number of rotatable bonds is 5. The summed E-state index contributed by atoms with van der Waals surface area (Å²) in [7, 11) is 0. The Kier molecular flexibility index (Phi) is 9.79. The molecule has 1 aromatic rings.